The van der Waals surface area contributed by atoms with Crippen molar-refractivity contribution in [3.05, 3.63) is 53.9 Å². The van der Waals surface area contributed by atoms with Crippen molar-refractivity contribution in [2.24, 2.45) is 0 Å². The second-order valence-corrected chi connectivity index (χ2v) is 7.45. The van der Waals surface area contributed by atoms with Crippen LogP contribution in [0.25, 0.3) is 0 Å². The molecule has 1 aliphatic rings. The summed E-state index contributed by atoms with van der Waals surface area (Å²) in [6.45, 7) is 1.54. The van der Waals surface area contributed by atoms with Gasteiger partial charge >= 0.3 is 0 Å². The monoisotopic (exact) mass is 333 g/mol. The van der Waals surface area contributed by atoms with Crippen LogP contribution in [0.2, 0.25) is 0 Å². The Bertz CT molecular complexity index is 761. The van der Waals surface area contributed by atoms with Gasteiger partial charge in [-0.05, 0) is 49.2 Å². The van der Waals surface area contributed by atoms with Crippen molar-refractivity contribution in [3.8, 4) is 0 Å². The molecule has 122 valence electrons. The molecule has 0 radical (unpaired) electrons. The van der Waals surface area contributed by atoms with Gasteiger partial charge in [-0.25, -0.2) is 8.42 Å². The molecule has 0 aliphatic carbocycles. The highest BCUT2D eigenvalue weighted by atomic mass is 32.2. The molecule has 0 saturated carbocycles. The van der Waals surface area contributed by atoms with E-state index in [1.165, 1.54) is 16.4 Å². The summed E-state index contributed by atoms with van der Waals surface area (Å²) in [6.07, 6.45) is 3.59. The van der Waals surface area contributed by atoms with Crippen LogP contribution in [0.15, 0.2) is 47.5 Å². The number of nitrogens with one attached hydrogen (secondary N) is 2. The van der Waals surface area contributed by atoms with Crippen molar-refractivity contribution < 1.29 is 13.2 Å². The summed E-state index contributed by atoms with van der Waals surface area (Å²) in [5.41, 5.74) is 1.35. The number of rotatable bonds is 5. The van der Waals surface area contributed by atoms with Crippen LogP contribution in [0.4, 0.5) is 0 Å². The molecule has 1 amide bonds. The fourth-order valence-corrected chi connectivity index (χ4v) is 4.13. The van der Waals surface area contributed by atoms with Gasteiger partial charge in [-0.1, -0.05) is 0 Å². The van der Waals surface area contributed by atoms with Gasteiger partial charge in [-0.15, -0.1) is 0 Å². The van der Waals surface area contributed by atoms with E-state index in [1.54, 1.807) is 18.3 Å². The number of H-pyrrole nitrogens is 1. The number of benzene rings is 1. The number of hydrogen-bond acceptors (Lipinski definition) is 3. The lowest BCUT2D eigenvalue weighted by Gasteiger charge is -2.15. The minimum absolute atomic E-state index is 0.232. The quantitative estimate of drug-likeness (QED) is 0.874. The van der Waals surface area contributed by atoms with Crippen LogP contribution in [-0.4, -0.2) is 36.7 Å². The van der Waals surface area contributed by atoms with E-state index in [9.17, 15) is 13.2 Å². The predicted molar refractivity (Wildman–Crippen MR) is 86.4 cm³/mol. The second-order valence-electron chi connectivity index (χ2n) is 5.51. The molecule has 7 heteroatoms. The molecule has 1 fully saturated rings. The molecule has 0 unspecified atom stereocenters. The topological polar surface area (TPSA) is 82.3 Å². The van der Waals surface area contributed by atoms with E-state index in [0.29, 0.717) is 25.2 Å². The van der Waals surface area contributed by atoms with Crippen LogP contribution in [0.5, 0.6) is 0 Å². The standard InChI is InChI=1S/C16H19N3O3S/c20-16(18-12-14-4-3-9-17-14)13-5-7-15(8-6-13)23(21,22)19-10-1-2-11-19/h3-9,17H,1-2,10-12H2,(H,18,20). The molecule has 0 spiro atoms. The maximum absolute atomic E-state index is 12.4. The van der Waals surface area contributed by atoms with Crippen molar-refractivity contribution in [2.75, 3.05) is 13.1 Å². The third-order valence-electron chi connectivity index (χ3n) is 3.92. The van der Waals surface area contributed by atoms with E-state index >= 15 is 0 Å². The largest absolute Gasteiger partial charge is 0.364 e. The molecule has 0 bridgehead atoms. The van der Waals surface area contributed by atoms with E-state index in [-0.39, 0.29) is 10.8 Å². The normalized spacial score (nSPS) is 15.7. The van der Waals surface area contributed by atoms with Crippen LogP contribution >= 0.6 is 0 Å². The molecule has 1 aromatic heterocycles. The highest BCUT2D eigenvalue weighted by Crippen LogP contribution is 2.21. The van der Waals surface area contributed by atoms with Crippen molar-refractivity contribution in [1.29, 1.82) is 0 Å². The van der Waals surface area contributed by atoms with Gasteiger partial charge in [0.1, 0.15) is 0 Å². The first-order chi connectivity index (χ1) is 11.1. The Morgan fingerprint density at radius 3 is 2.43 bits per heavy atom. The van der Waals surface area contributed by atoms with Crippen LogP contribution in [0.3, 0.4) is 0 Å². The molecule has 2 N–H and O–H groups in total. The lowest BCUT2D eigenvalue weighted by molar-refractivity contribution is 0.0950. The number of hydrogen-bond donors (Lipinski definition) is 2. The number of aromatic nitrogens is 1. The van der Waals surface area contributed by atoms with Crippen molar-refractivity contribution >= 4 is 15.9 Å². The van der Waals surface area contributed by atoms with E-state index in [4.69, 9.17) is 0 Å². The molecule has 1 aliphatic heterocycles. The highest BCUT2D eigenvalue weighted by Gasteiger charge is 2.27. The first-order valence-corrected chi connectivity index (χ1v) is 9.02. The summed E-state index contributed by atoms with van der Waals surface area (Å²) in [7, 11) is -3.43. The van der Waals surface area contributed by atoms with Gasteiger partial charge in [-0.2, -0.15) is 4.31 Å². The Balaban J connectivity index is 1.67. The molecule has 1 saturated heterocycles. The fourth-order valence-electron chi connectivity index (χ4n) is 2.61. The summed E-state index contributed by atoms with van der Waals surface area (Å²) < 4.78 is 26.3. The first kappa shape index (κ1) is 15.8. The van der Waals surface area contributed by atoms with Gasteiger partial charge in [0.2, 0.25) is 10.0 Å². The average molecular weight is 333 g/mol. The maximum Gasteiger partial charge on any atom is 0.251 e. The minimum Gasteiger partial charge on any atom is -0.364 e. The van der Waals surface area contributed by atoms with Crippen molar-refractivity contribution in [2.45, 2.75) is 24.3 Å². The van der Waals surface area contributed by atoms with Crippen LogP contribution in [0, 0.1) is 0 Å². The Morgan fingerprint density at radius 2 is 1.83 bits per heavy atom. The van der Waals surface area contributed by atoms with E-state index in [1.807, 2.05) is 12.1 Å². The molecular weight excluding hydrogens is 314 g/mol. The molecule has 2 aromatic rings. The number of carbonyl (C=O) groups is 1. The van der Waals surface area contributed by atoms with Gasteiger partial charge in [0.05, 0.1) is 11.4 Å². The lowest BCUT2D eigenvalue weighted by atomic mass is 10.2. The third kappa shape index (κ3) is 3.46. The minimum atomic E-state index is -3.43. The van der Waals surface area contributed by atoms with Gasteiger partial charge < -0.3 is 10.3 Å². The Morgan fingerprint density at radius 1 is 1.13 bits per heavy atom. The molecule has 3 rings (SSSR count). The Kier molecular flexibility index (Phi) is 4.49. The van der Waals surface area contributed by atoms with Gasteiger partial charge in [0, 0.05) is 30.5 Å². The SMILES string of the molecule is O=C(NCc1ccc[nH]1)c1ccc(S(=O)(=O)N2CCCC2)cc1. The van der Waals surface area contributed by atoms with E-state index in [0.717, 1.165) is 18.5 Å². The summed E-state index contributed by atoms with van der Waals surface area (Å²) in [5, 5.41) is 2.78. The number of nitrogens with zero attached hydrogens (tertiary/aromatic N) is 1. The number of aromatic amines is 1. The number of amides is 1. The van der Waals surface area contributed by atoms with Gasteiger partial charge in [0.25, 0.3) is 5.91 Å². The highest BCUT2D eigenvalue weighted by molar-refractivity contribution is 7.89. The number of sulfonamides is 1. The first-order valence-electron chi connectivity index (χ1n) is 7.58. The zero-order valence-electron chi connectivity index (χ0n) is 12.7. The Labute approximate surface area is 135 Å². The molecular formula is C16H19N3O3S. The van der Waals surface area contributed by atoms with Crippen LogP contribution in [-0.2, 0) is 16.6 Å². The average Bonchev–Trinajstić information content (AvgIpc) is 3.26. The zero-order valence-corrected chi connectivity index (χ0v) is 13.5. The van der Waals surface area contributed by atoms with E-state index in [2.05, 4.69) is 10.3 Å². The van der Waals surface area contributed by atoms with Crippen LogP contribution in [0.1, 0.15) is 28.9 Å². The van der Waals surface area contributed by atoms with Gasteiger partial charge in [0.15, 0.2) is 0 Å². The van der Waals surface area contributed by atoms with Crippen LogP contribution < -0.4 is 5.32 Å². The second kappa shape index (κ2) is 6.55. The molecule has 2 heterocycles. The lowest BCUT2D eigenvalue weighted by Crippen LogP contribution is -2.28. The summed E-state index contributed by atoms with van der Waals surface area (Å²) in [4.78, 5) is 15.3. The fraction of sp³-hybridized carbons (Fsp3) is 0.312. The summed E-state index contributed by atoms with van der Waals surface area (Å²) in [5.74, 6) is -0.232. The van der Waals surface area contributed by atoms with Gasteiger partial charge in [-0.3, -0.25) is 4.79 Å². The smallest absolute Gasteiger partial charge is 0.251 e. The molecule has 6 nitrogen and oxygen atoms in total. The summed E-state index contributed by atoms with van der Waals surface area (Å²) in [6, 6.07) is 9.83. The summed E-state index contributed by atoms with van der Waals surface area (Å²) >= 11 is 0. The zero-order chi connectivity index (χ0) is 16.3. The molecule has 0 atom stereocenters. The predicted octanol–water partition coefficient (Wildman–Crippen LogP) is 1.73. The third-order valence-corrected chi connectivity index (χ3v) is 5.83. The van der Waals surface area contributed by atoms with Crippen molar-refractivity contribution in [3.63, 3.8) is 0 Å². The van der Waals surface area contributed by atoms with E-state index < -0.39 is 10.0 Å². The molecule has 1 aromatic carbocycles. The Hall–Kier alpha value is -2.12. The molecule has 23 heavy (non-hydrogen) atoms. The number of carbonyl (C=O) groups excluding carboxylic acids is 1. The van der Waals surface area contributed by atoms with Crippen molar-refractivity contribution in [1.82, 2.24) is 14.6 Å². The maximum atomic E-state index is 12.4.